The van der Waals surface area contributed by atoms with E-state index in [9.17, 15) is 19.5 Å². The van der Waals surface area contributed by atoms with Crippen LogP contribution < -0.4 is 11.1 Å². The van der Waals surface area contributed by atoms with Crippen molar-refractivity contribution in [1.82, 2.24) is 19.4 Å². The number of hydrogen-bond acceptors (Lipinski definition) is 7. The Morgan fingerprint density at radius 2 is 2.03 bits per heavy atom. The number of aromatic nitrogens is 3. The minimum atomic E-state index is -1.24. The number of carboxylic acids is 1. The summed E-state index contributed by atoms with van der Waals surface area (Å²) in [7, 11) is 0. The Balaban J connectivity index is 1.87. The smallest absolute Gasteiger partial charge is 0.352 e. The summed E-state index contributed by atoms with van der Waals surface area (Å²) >= 11 is 6.14. The van der Waals surface area contributed by atoms with Crippen molar-refractivity contribution in [2.45, 2.75) is 6.17 Å². The van der Waals surface area contributed by atoms with E-state index in [1.807, 2.05) is 0 Å². The number of nitrogens with one attached hydrogen (secondary N) is 1. The fourth-order valence-electron chi connectivity index (χ4n) is 3.59. The van der Waals surface area contributed by atoms with Gasteiger partial charge in [-0.2, -0.15) is 0 Å². The van der Waals surface area contributed by atoms with Crippen molar-refractivity contribution in [1.29, 1.82) is 0 Å². The predicted molar refractivity (Wildman–Crippen MR) is 106 cm³/mol. The van der Waals surface area contributed by atoms with E-state index < -0.39 is 23.9 Å². The van der Waals surface area contributed by atoms with Gasteiger partial charge in [-0.1, -0.05) is 11.6 Å². The maximum Gasteiger partial charge on any atom is 0.352 e. The quantitative estimate of drug-likeness (QED) is 0.454. The average molecular weight is 433 g/mol. The Labute approximate surface area is 175 Å². The van der Waals surface area contributed by atoms with Gasteiger partial charge in [0.2, 0.25) is 0 Å². The van der Waals surface area contributed by atoms with Crippen molar-refractivity contribution < 1.29 is 24.2 Å². The number of ether oxygens (including phenoxy) is 1. The highest BCUT2D eigenvalue weighted by molar-refractivity contribution is 6.40. The first kappa shape index (κ1) is 20.0. The normalized spacial score (nSPS) is 18.8. The van der Waals surface area contributed by atoms with Gasteiger partial charge in [-0.3, -0.25) is 14.5 Å². The number of fused-ring (bicyclic) bond motifs is 1. The summed E-state index contributed by atoms with van der Waals surface area (Å²) in [5, 5.41) is 12.3. The zero-order chi connectivity index (χ0) is 21.4. The monoisotopic (exact) mass is 432 g/mol. The fourth-order valence-corrected chi connectivity index (χ4v) is 3.83. The molecule has 4 N–H and O–H groups in total. The number of primary amides is 1. The molecule has 30 heavy (non-hydrogen) atoms. The molecule has 0 saturated carbocycles. The molecule has 0 bridgehead atoms. The second-order valence-electron chi connectivity index (χ2n) is 6.64. The third kappa shape index (κ3) is 3.43. The van der Waals surface area contributed by atoms with Crippen LogP contribution in [0.15, 0.2) is 18.5 Å². The van der Waals surface area contributed by atoms with Crippen LogP contribution in [-0.4, -0.2) is 68.6 Å². The van der Waals surface area contributed by atoms with Gasteiger partial charge in [0, 0.05) is 18.8 Å². The fraction of sp³-hybridized carbons (Fsp3) is 0.278. The maximum atomic E-state index is 12.5. The van der Waals surface area contributed by atoms with E-state index in [4.69, 9.17) is 22.1 Å². The molecule has 0 aliphatic carbocycles. The Morgan fingerprint density at radius 3 is 2.70 bits per heavy atom. The highest BCUT2D eigenvalue weighted by atomic mass is 35.5. The van der Waals surface area contributed by atoms with Gasteiger partial charge in [0.25, 0.3) is 11.8 Å². The Morgan fingerprint density at radius 1 is 1.30 bits per heavy atom. The molecule has 0 radical (unpaired) electrons. The molecule has 156 valence electrons. The molecular formula is C18H17ClN6O5. The van der Waals surface area contributed by atoms with Crippen LogP contribution in [0.1, 0.15) is 27.9 Å². The number of nitrogens with zero attached hydrogens (tertiary/aromatic N) is 4. The van der Waals surface area contributed by atoms with Crippen LogP contribution in [0.4, 0.5) is 5.82 Å². The summed E-state index contributed by atoms with van der Waals surface area (Å²) in [6.07, 6.45) is 1.59. The Hall–Kier alpha value is -3.28. The lowest BCUT2D eigenvalue weighted by atomic mass is 10.1. The molecule has 1 fully saturated rings. The number of morpholine rings is 1. The maximum absolute atomic E-state index is 12.5. The van der Waals surface area contributed by atoms with Crippen molar-refractivity contribution in [3.63, 3.8) is 0 Å². The molecule has 2 aliphatic rings. The van der Waals surface area contributed by atoms with E-state index in [-0.39, 0.29) is 22.2 Å². The molecule has 11 nitrogen and oxygen atoms in total. The first-order valence-electron chi connectivity index (χ1n) is 8.98. The van der Waals surface area contributed by atoms with Crippen molar-refractivity contribution in [2.75, 3.05) is 31.6 Å². The number of carbonyl (C=O) groups is 3. The molecule has 0 spiro atoms. The second kappa shape index (κ2) is 7.86. The molecule has 1 atom stereocenters. The van der Waals surface area contributed by atoms with Crippen LogP contribution in [0.5, 0.6) is 0 Å². The number of anilines is 1. The van der Waals surface area contributed by atoms with Gasteiger partial charge in [-0.25, -0.2) is 14.8 Å². The van der Waals surface area contributed by atoms with Crippen molar-refractivity contribution >= 4 is 46.9 Å². The highest BCUT2D eigenvalue weighted by Crippen LogP contribution is 2.36. The van der Waals surface area contributed by atoms with Gasteiger partial charge in [0.05, 0.1) is 24.4 Å². The third-order valence-electron chi connectivity index (χ3n) is 4.90. The topological polar surface area (TPSA) is 153 Å². The first-order chi connectivity index (χ1) is 14.4. The van der Waals surface area contributed by atoms with Gasteiger partial charge >= 0.3 is 5.97 Å². The predicted octanol–water partition coefficient (Wildman–Crippen LogP) is 0.439. The lowest BCUT2D eigenvalue weighted by Gasteiger charge is -2.34. The number of carbonyl (C=O) groups excluding carboxylic acids is 2. The second-order valence-corrected chi connectivity index (χ2v) is 7.00. The molecule has 4 heterocycles. The third-order valence-corrected chi connectivity index (χ3v) is 5.19. The Kier molecular flexibility index (Phi) is 5.24. The van der Waals surface area contributed by atoms with Gasteiger partial charge in [0.1, 0.15) is 23.0 Å². The zero-order valence-electron chi connectivity index (χ0n) is 15.5. The van der Waals surface area contributed by atoms with Crippen molar-refractivity contribution in [2.24, 2.45) is 5.73 Å². The summed E-state index contributed by atoms with van der Waals surface area (Å²) < 4.78 is 6.61. The summed E-state index contributed by atoms with van der Waals surface area (Å²) in [6.45, 7) is 1.55. The molecule has 1 unspecified atom stereocenters. The van der Waals surface area contributed by atoms with Crippen LogP contribution in [0, 0.1) is 0 Å². The number of nitrogens with two attached hydrogens (primary N) is 1. The number of carboxylic acid groups (broad SMARTS) is 1. The van der Waals surface area contributed by atoms with E-state index in [1.165, 1.54) is 29.1 Å². The summed E-state index contributed by atoms with van der Waals surface area (Å²) in [6, 6.07) is 2.85. The number of halogens is 1. The molecule has 2 aromatic rings. The van der Waals surface area contributed by atoms with Crippen LogP contribution in [0.2, 0.25) is 5.15 Å². The summed E-state index contributed by atoms with van der Waals surface area (Å²) in [5.41, 5.74) is 6.25. The average Bonchev–Trinajstić information content (AvgIpc) is 3.25. The lowest BCUT2D eigenvalue weighted by Crippen LogP contribution is -2.47. The molecule has 2 amide bonds. The van der Waals surface area contributed by atoms with E-state index in [0.717, 1.165) is 0 Å². The van der Waals surface area contributed by atoms with Gasteiger partial charge < -0.3 is 25.5 Å². The van der Waals surface area contributed by atoms with Gasteiger partial charge in [-0.15, -0.1) is 0 Å². The van der Waals surface area contributed by atoms with Crippen LogP contribution >= 0.6 is 11.6 Å². The molecule has 2 aliphatic heterocycles. The molecule has 4 rings (SSSR count). The van der Waals surface area contributed by atoms with E-state index in [1.54, 1.807) is 4.90 Å². The lowest BCUT2D eigenvalue weighted by molar-refractivity contribution is -0.129. The van der Waals surface area contributed by atoms with Crippen LogP contribution in [0.3, 0.4) is 0 Å². The molecular weight excluding hydrogens is 416 g/mol. The van der Waals surface area contributed by atoms with Crippen LogP contribution in [0.25, 0.3) is 11.6 Å². The molecule has 1 saturated heterocycles. The molecule has 2 aromatic heterocycles. The molecule has 0 aromatic carbocycles. The standard InChI is InChI=1S/C18H17ClN6O5/c19-13-12-10(16(27)23-15(12)22-8-21-13)7-9-1-2-11(18(28)29)25(9)17(14(20)26)24-3-5-30-6-4-24/h1-2,7-8,17H,3-6H2,(H2,20,26)(H,28,29)(H,21,22,23,27). The number of hydrogen-bond donors (Lipinski definition) is 3. The number of rotatable bonds is 5. The van der Waals surface area contributed by atoms with E-state index >= 15 is 0 Å². The van der Waals surface area contributed by atoms with Gasteiger partial charge in [0.15, 0.2) is 6.17 Å². The van der Waals surface area contributed by atoms with Crippen molar-refractivity contribution in [3.8, 4) is 0 Å². The largest absolute Gasteiger partial charge is 0.477 e. The number of aromatic carboxylic acids is 1. The number of amides is 2. The SMILES string of the molecule is NC(=O)C(N1CCOCC1)n1c(C=C2C(=O)Nc3ncnc(Cl)c32)ccc1C(=O)O. The molecule has 12 heteroatoms. The van der Waals surface area contributed by atoms with E-state index in [0.29, 0.717) is 37.6 Å². The minimum absolute atomic E-state index is 0.0702. The van der Waals surface area contributed by atoms with Gasteiger partial charge in [-0.05, 0) is 18.2 Å². The minimum Gasteiger partial charge on any atom is -0.477 e. The summed E-state index contributed by atoms with van der Waals surface area (Å²) in [4.78, 5) is 46.3. The first-order valence-corrected chi connectivity index (χ1v) is 9.36. The zero-order valence-corrected chi connectivity index (χ0v) is 16.3. The summed E-state index contributed by atoms with van der Waals surface area (Å²) in [5.74, 6) is -2.19. The van der Waals surface area contributed by atoms with Crippen molar-refractivity contribution in [3.05, 3.63) is 40.6 Å². The highest BCUT2D eigenvalue weighted by Gasteiger charge is 2.33. The van der Waals surface area contributed by atoms with E-state index in [2.05, 4.69) is 15.3 Å². The Bertz CT molecular complexity index is 1080. The van der Waals surface area contributed by atoms with Crippen LogP contribution in [-0.2, 0) is 14.3 Å².